The molecule has 16 heavy (non-hydrogen) atoms. The highest BCUT2D eigenvalue weighted by molar-refractivity contribution is 5.44. The van der Waals surface area contributed by atoms with Crippen LogP contribution in [0, 0.1) is 18.8 Å². The van der Waals surface area contributed by atoms with Crippen LogP contribution >= 0.6 is 0 Å². The molecule has 2 N–H and O–H groups in total. The van der Waals surface area contributed by atoms with E-state index in [2.05, 4.69) is 28.7 Å². The van der Waals surface area contributed by atoms with Gasteiger partial charge in [-0.05, 0) is 25.2 Å². The predicted molar refractivity (Wildman–Crippen MR) is 66.3 cm³/mol. The van der Waals surface area contributed by atoms with Crippen LogP contribution in [0.3, 0.4) is 0 Å². The summed E-state index contributed by atoms with van der Waals surface area (Å²) in [7, 11) is 0. The third-order valence-electron chi connectivity index (χ3n) is 3.35. The lowest BCUT2D eigenvalue weighted by Gasteiger charge is -2.19. The van der Waals surface area contributed by atoms with Crippen molar-refractivity contribution in [2.75, 3.05) is 23.7 Å². The maximum absolute atomic E-state index is 5.67. The zero-order valence-electron chi connectivity index (χ0n) is 10.3. The normalized spacial score (nSPS) is 20.8. The molecule has 0 spiro atoms. The minimum absolute atomic E-state index is 0.378. The Balaban J connectivity index is 2.14. The number of rotatable bonds is 2. The molecule has 88 valence electrons. The zero-order valence-corrected chi connectivity index (χ0v) is 10.3. The molecule has 4 nitrogen and oxygen atoms in total. The van der Waals surface area contributed by atoms with E-state index >= 15 is 0 Å². The van der Waals surface area contributed by atoms with Gasteiger partial charge in [0.05, 0.1) is 0 Å². The Morgan fingerprint density at radius 1 is 1.44 bits per heavy atom. The molecule has 0 radical (unpaired) electrons. The molecule has 2 heterocycles. The van der Waals surface area contributed by atoms with E-state index < -0.39 is 0 Å². The number of nitrogen functional groups attached to an aromatic ring is 1. The number of hydrogen-bond donors (Lipinski definition) is 1. The number of aromatic nitrogens is 2. The SMILES string of the molecule is Cc1cc(N2CCC(C(C)C)C2)nc(N)n1. The van der Waals surface area contributed by atoms with Gasteiger partial charge in [-0.2, -0.15) is 4.98 Å². The van der Waals surface area contributed by atoms with Crippen molar-refractivity contribution < 1.29 is 0 Å². The van der Waals surface area contributed by atoms with E-state index in [1.54, 1.807) is 0 Å². The second-order valence-electron chi connectivity index (χ2n) is 4.96. The third kappa shape index (κ3) is 2.26. The molecule has 1 aromatic rings. The molecular weight excluding hydrogens is 200 g/mol. The summed E-state index contributed by atoms with van der Waals surface area (Å²) in [6, 6.07) is 2.01. The van der Waals surface area contributed by atoms with Crippen LogP contribution in [-0.4, -0.2) is 23.1 Å². The molecule has 1 fully saturated rings. The highest BCUT2D eigenvalue weighted by atomic mass is 15.2. The Hall–Kier alpha value is -1.32. The Morgan fingerprint density at radius 2 is 2.19 bits per heavy atom. The molecule has 1 saturated heterocycles. The monoisotopic (exact) mass is 220 g/mol. The van der Waals surface area contributed by atoms with Crippen molar-refractivity contribution in [3.63, 3.8) is 0 Å². The zero-order chi connectivity index (χ0) is 11.7. The van der Waals surface area contributed by atoms with E-state index in [1.165, 1.54) is 6.42 Å². The summed E-state index contributed by atoms with van der Waals surface area (Å²) in [6.07, 6.45) is 1.25. The number of aryl methyl sites for hydroxylation is 1. The summed E-state index contributed by atoms with van der Waals surface area (Å²) in [5.74, 6) is 2.87. The number of hydrogen-bond acceptors (Lipinski definition) is 4. The van der Waals surface area contributed by atoms with E-state index in [0.717, 1.165) is 36.4 Å². The van der Waals surface area contributed by atoms with Crippen LogP contribution in [0.15, 0.2) is 6.07 Å². The van der Waals surface area contributed by atoms with Crippen molar-refractivity contribution in [1.29, 1.82) is 0 Å². The van der Waals surface area contributed by atoms with Crippen LogP contribution < -0.4 is 10.6 Å². The highest BCUT2D eigenvalue weighted by Crippen LogP contribution is 2.27. The smallest absolute Gasteiger partial charge is 0.222 e. The fraction of sp³-hybridized carbons (Fsp3) is 0.667. The van der Waals surface area contributed by atoms with Gasteiger partial charge in [-0.1, -0.05) is 13.8 Å². The summed E-state index contributed by atoms with van der Waals surface area (Å²) in [6.45, 7) is 8.70. The average Bonchev–Trinajstić information content (AvgIpc) is 2.64. The van der Waals surface area contributed by atoms with Crippen LogP contribution in [0.2, 0.25) is 0 Å². The molecule has 4 heteroatoms. The molecule has 0 saturated carbocycles. The van der Waals surface area contributed by atoms with Gasteiger partial charge in [0.2, 0.25) is 5.95 Å². The Kier molecular flexibility index (Phi) is 2.99. The summed E-state index contributed by atoms with van der Waals surface area (Å²) < 4.78 is 0. The lowest BCUT2D eigenvalue weighted by atomic mass is 9.95. The van der Waals surface area contributed by atoms with Crippen molar-refractivity contribution in [3.05, 3.63) is 11.8 Å². The van der Waals surface area contributed by atoms with Gasteiger partial charge in [0, 0.05) is 24.8 Å². The van der Waals surface area contributed by atoms with Crippen molar-refractivity contribution in [1.82, 2.24) is 9.97 Å². The topological polar surface area (TPSA) is 55.0 Å². The fourth-order valence-corrected chi connectivity index (χ4v) is 2.28. The predicted octanol–water partition coefficient (Wildman–Crippen LogP) is 1.85. The van der Waals surface area contributed by atoms with E-state index in [4.69, 9.17) is 5.73 Å². The Labute approximate surface area is 96.9 Å². The van der Waals surface area contributed by atoms with E-state index in [1.807, 2.05) is 13.0 Å². The Bertz CT molecular complexity index is 355. The van der Waals surface area contributed by atoms with Crippen LogP contribution in [0.4, 0.5) is 11.8 Å². The van der Waals surface area contributed by atoms with Gasteiger partial charge in [-0.3, -0.25) is 0 Å². The van der Waals surface area contributed by atoms with Crippen LogP contribution in [0.25, 0.3) is 0 Å². The quantitative estimate of drug-likeness (QED) is 0.826. The molecule has 0 aliphatic carbocycles. The molecule has 1 unspecified atom stereocenters. The largest absolute Gasteiger partial charge is 0.368 e. The van der Waals surface area contributed by atoms with Gasteiger partial charge in [0.15, 0.2) is 0 Å². The standard InChI is InChI=1S/C12H20N4/c1-8(2)10-4-5-16(7-10)11-6-9(3)14-12(13)15-11/h6,8,10H,4-5,7H2,1-3H3,(H2,13,14,15). The van der Waals surface area contributed by atoms with E-state index in [9.17, 15) is 0 Å². The van der Waals surface area contributed by atoms with Gasteiger partial charge in [0.25, 0.3) is 0 Å². The highest BCUT2D eigenvalue weighted by Gasteiger charge is 2.25. The molecule has 0 amide bonds. The van der Waals surface area contributed by atoms with Crippen molar-refractivity contribution >= 4 is 11.8 Å². The van der Waals surface area contributed by atoms with Gasteiger partial charge in [-0.25, -0.2) is 4.98 Å². The second-order valence-corrected chi connectivity index (χ2v) is 4.96. The molecule has 1 aliphatic rings. The van der Waals surface area contributed by atoms with Gasteiger partial charge < -0.3 is 10.6 Å². The van der Waals surface area contributed by atoms with Gasteiger partial charge in [-0.15, -0.1) is 0 Å². The summed E-state index contributed by atoms with van der Waals surface area (Å²) >= 11 is 0. The maximum Gasteiger partial charge on any atom is 0.222 e. The number of nitrogens with zero attached hydrogens (tertiary/aromatic N) is 3. The first-order valence-electron chi connectivity index (χ1n) is 5.92. The minimum Gasteiger partial charge on any atom is -0.368 e. The first-order valence-corrected chi connectivity index (χ1v) is 5.92. The fourth-order valence-electron chi connectivity index (χ4n) is 2.28. The molecule has 1 aromatic heterocycles. The van der Waals surface area contributed by atoms with E-state index in [0.29, 0.717) is 5.95 Å². The summed E-state index contributed by atoms with van der Waals surface area (Å²) in [5.41, 5.74) is 6.61. The minimum atomic E-state index is 0.378. The third-order valence-corrected chi connectivity index (χ3v) is 3.35. The van der Waals surface area contributed by atoms with Crippen molar-refractivity contribution in [2.24, 2.45) is 11.8 Å². The van der Waals surface area contributed by atoms with Crippen LogP contribution in [0.1, 0.15) is 26.0 Å². The lowest BCUT2D eigenvalue weighted by molar-refractivity contribution is 0.422. The van der Waals surface area contributed by atoms with E-state index in [-0.39, 0.29) is 0 Å². The number of anilines is 2. The first-order chi connectivity index (χ1) is 7.56. The summed E-state index contributed by atoms with van der Waals surface area (Å²) in [5, 5.41) is 0. The molecular formula is C12H20N4. The van der Waals surface area contributed by atoms with Crippen LogP contribution in [-0.2, 0) is 0 Å². The van der Waals surface area contributed by atoms with Crippen molar-refractivity contribution in [3.8, 4) is 0 Å². The van der Waals surface area contributed by atoms with Crippen molar-refractivity contribution in [2.45, 2.75) is 27.2 Å². The van der Waals surface area contributed by atoms with Gasteiger partial charge in [0.1, 0.15) is 5.82 Å². The molecule has 0 bridgehead atoms. The average molecular weight is 220 g/mol. The molecule has 1 atom stereocenters. The molecule has 0 aromatic carbocycles. The first kappa shape index (κ1) is 11.2. The molecule has 2 rings (SSSR count). The van der Waals surface area contributed by atoms with Crippen LogP contribution in [0.5, 0.6) is 0 Å². The summed E-state index contributed by atoms with van der Waals surface area (Å²) in [4.78, 5) is 10.7. The second kappa shape index (κ2) is 4.28. The molecule has 1 aliphatic heterocycles. The Morgan fingerprint density at radius 3 is 2.75 bits per heavy atom. The maximum atomic E-state index is 5.67. The number of nitrogens with two attached hydrogens (primary N) is 1. The van der Waals surface area contributed by atoms with Gasteiger partial charge >= 0.3 is 0 Å². The lowest BCUT2D eigenvalue weighted by Crippen LogP contribution is -2.22.